The van der Waals surface area contributed by atoms with Gasteiger partial charge < -0.3 is 0 Å². The smallest absolute Gasteiger partial charge is 0.244 e. The zero-order valence-electron chi connectivity index (χ0n) is 9.32. The lowest BCUT2D eigenvalue weighted by Crippen LogP contribution is -2.25. The molecule has 0 fully saturated rings. The lowest BCUT2D eigenvalue weighted by Gasteiger charge is -2.08. The molecule has 0 bridgehead atoms. The van der Waals surface area contributed by atoms with E-state index in [1.807, 2.05) is 0 Å². The fourth-order valence-electron chi connectivity index (χ4n) is 1.41. The van der Waals surface area contributed by atoms with E-state index in [4.69, 9.17) is 0 Å². The summed E-state index contributed by atoms with van der Waals surface area (Å²) in [6.45, 7) is -0.0778. The Kier molecular flexibility index (Phi) is 3.97. The van der Waals surface area contributed by atoms with Crippen LogP contribution in [-0.2, 0) is 16.6 Å². The Morgan fingerprint density at radius 2 is 2.11 bits per heavy atom. The molecule has 19 heavy (non-hydrogen) atoms. The summed E-state index contributed by atoms with van der Waals surface area (Å²) in [6.07, 6.45) is 1.46. The van der Waals surface area contributed by atoms with E-state index in [0.717, 1.165) is 6.07 Å². The van der Waals surface area contributed by atoms with Gasteiger partial charge in [0.2, 0.25) is 10.0 Å². The summed E-state index contributed by atoms with van der Waals surface area (Å²) >= 11 is 2.83. The number of rotatable bonds is 4. The first-order valence-electron chi connectivity index (χ1n) is 5.02. The van der Waals surface area contributed by atoms with E-state index in [-0.39, 0.29) is 11.0 Å². The SMILES string of the molecule is O=S(=O)(NCc1ccn[nH]1)c1c(F)cc(F)cc1Br. The first-order valence-corrected chi connectivity index (χ1v) is 7.30. The van der Waals surface area contributed by atoms with E-state index >= 15 is 0 Å². The molecule has 2 rings (SSSR count). The molecule has 0 unspecified atom stereocenters. The third kappa shape index (κ3) is 3.17. The van der Waals surface area contributed by atoms with E-state index in [2.05, 4.69) is 30.8 Å². The number of hydrogen-bond acceptors (Lipinski definition) is 3. The van der Waals surface area contributed by atoms with Gasteiger partial charge in [-0.05, 0) is 28.1 Å². The Hall–Kier alpha value is -1.32. The number of nitrogens with one attached hydrogen (secondary N) is 2. The van der Waals surface area contributed by atoms with Gasteiger partial charge in [-0.3, -0.25) is 5.10 Å². The number of halogens is 3. The molecule has 0 saturated carbocycles. The van der Waals surface area contributed by atoms with Crippen molar-refractivity contribution < 1.29 is 17.2 Å². The third-order valence-corrected chi connectivity index (χ3v) is 4.61. The number of benzene rings is 1. The molecule has 1 aromatic carbocycles. The summed E-state index contributed by atoms with van der Waals surface area (Å²) in [4.78, 5) is -0.631. The Labute approximate surface area is 116 Å². The van der Waals surface area contributed by atoms with E-state index < -0.39 is 26.6 Å². The molecule has 0 amide bonds. The summed E-state index contributed by atoms with van der Waals surface area (Å²) in [5.74, 6) is -2.03. The molecule has 2 aromatic rings. The van der Waals surface area contributed by atoms with Gasteiger partial charge in [0.25, 0.3) is 0 Å². The van der Waals surface area contributed by atoms with Crippen LogP contribution < -0.4 is 4.72 Å². The molecule has 0 aliphatic heterocycles. The van der Waals surface area contributed by atoms with E-state index in [0.29, 0.717) is 11.8 Å². The van der Waals surface area contributed by atoms with Crippen LogP contribution in [0.2, 0.25) is 0 Å². The Morgan fingerprint density at radius 1 is 1.37 bits per heavy atom. The van der Waals surface area contributed by atoms with Crippen LogP contribution in [0.1, 0.15) is 5.69 Å². The second-order valence-electron chi connectivity index (χ2n) is 3.60. The van der Waals surface area contributed by atoms with Crippen LogP contribution in [0.3, 0.4) is 0 Å². The molecular weight excluding hydrogens is 344 g/mol. The Balaban J connectivity index is 2.29. The molecule has 5 nitrogen and oxygen atoms in total. The van der Waals surface area contributed by atoms with Crippen molar-refractivity contribution in [2.45, 2.75) is 11.4 Å². The number of nitrogens with zero attached hydrogens (tertiary/aromatic N) is 1. The first-order chi connectivity index (χ1) is 8.90. The van der Waals surface area contributed by atoms with Gasteiger partial charge >= 0.3 is 0 Å². The predicted octanol–water partition coefficient (Wildman–Crippen LogP) is 1.93. The minimum Gasteiger partial charge on any atom is -0.281 e. The van der Waals surface area contributed by atoms with Gasteiger partial charge in [-0.2, -0.15) is 5.10 Å². The molecule has 1 heterocycles. The van der Waals surface area contributed by atoms with Gasteiger partial charge in [0.1, 0.15) is 16.5 Å². The highest BCUT2D eigenvalue weighted by atomic mass is 79.9. The molecule has 0 saturated heterocycles. The highest BCUT2D eigenvalue weighted by molar-refractivity contribution is 9.10. The van der Waals surface area contributed by atoms with Gasteiger partial charge in [0, 0.05) is 16.7 Å². The van der Waals surface area contributed by atoms with Crippen molar-refractivity contribution in [1.82, 2.24) is 14.9 Å². The summed E-state index contributed by atoms with van der Waals surface area (Å²) in [6, 6.07) is 2.96. The van der Waals surface area contributed by atoms with Crippen LogP contribution in [0.5, 0.6) is 0 Å². The second kappa shape index (κ2) is 5.35. The van der Waals surface area contributed by atoms with Crippen molar-refractivity contribution in [1.29, 1.82) is 0 Å². The maximum absolute atomic E-state index is 13.6. The second-order valence-corrected chi connectivity index (χ2v) is 6.16. The molecule has 0 atom stereocenters. The number of aromatic amines is 1. The zero-order valence-corrected chi connectivity index (χ0v) is 11.7. The molecule has 2 N–H and O–H groups in total. The highest BCUT2D eigenvalue weighted by Gasteiger charge is 2.23. The zero-order chi connectivity index (χ0) is 14.0. The van der Waals surface area contributed by atoms with Crippen LogP contribution in [-0.4, -0.2) is 18.6 Å². The van der Waals surface area contributed by atoms with Crippen molar-refractivity contribution in [2.75, 3.05) is 0 Å². The molecule has 1 aromatic heterocycles. The Bertz CT molecular complexity index is 666. The van der Waals surface area contributed by atoms with Crippen molar-refractivity contribution in [3.63, 3.8) is 0 Å². The summed E-state index contributed by atoms with van der Waals surface area (Å²) < 4.78 is 52.4. The molecule has 0 aliphatic rings. The van der Waals surface area contributed by atoms with E-state index in [9.17, 15) is 17.2 Å². The maximum atomic E-state index is 13.6. The minimum atomic E-state index is -4.10. The molecule has 0 spiro atoms. The van der Waals surface area contributed by atoms with Gasteiger partial charge in [0.05, 0.1) is 12.2 Å². The third-order valence-electron chi connectivity index (χ3n) is 2.24. The fourth-order valence-corrected chi connectivity index (χ4v) is 3.58. The standard InChI is InChI=1S/C10H8BrF2N3O2S/c11-8-3-6(12)4-9(13)10(8)19(17,18)15-5-7-1-2-14-16-7/h1-4,15H,5H2,(H,14,16). The van der Waals surface area contributed by atoms with Crippen molar-refractivity contribution in [3.05, 3.63) is 46.2 Å². The lowest BCUT2D eigenvalue weighted by atomic mass is 10.3. The van der Waals surface area contributed by atoms with Crippen LogP contribution in [0, 0.1) is 11.6 Å². The van der Waals surface area contributed by atoms with E-state index in [1.54, 1.807) is 6.07 Å². The summed E-state index contributed by atoms with van der Waals surface area (Å²) in [5.41, 5.74) is 0.516. The monoisotopic (exact) mass is 351 g/mol. The van der Waals surface area contributed by atoms with Gasteiger partial charge in [-0.1, -0.05) is 0 Å². The van der Waals surface area contributed by atoms with Crippen molar-refractivity contribution >= 4 is 26.0 Å². The number of sulfonamides is 1. The quantitative estimate of drug-likeness (QED) is 0.883. The molecular formula is C10H8BrF2N3O2S. The predicted molar refractivity (Wildman–Crippen MR) is 66.7 cm³/mol. The summed E-state index contributed by atoms with van der Waals surface area (Å²) in [7, 11) is -4.10. The molecule has 9 heteroatoms. The van der Waals surface area contributed by atoms with Gasteiger partial charge in [-0.15, -0.1) is 0 Å². The van der Waals surface area contributed by atoms with E-state index in [1.165, 1.54) is 6.20 Å². The summed E-state index contributed by atoms with van der Waals surface area (Å²) in [5, 5.41) is 6.21. The minimum absolute atomic E-state index is 0.0778. The number of aromatic nitrogens is 2. The maximum Gasteiger partial charge on any atom is 0.244 e. The van der Waals surface area contributed by atoms with Crippen LogP contribution in [0.25, 0.3) is 0 Å². The average Bonchev–Trinajstić information content (AvgIpc) is 2.77. The molecule has 0 radical (unpaired) electrons. The lowest BCUT2D eigenvalue weighted by molar-refractivity contribution is 0.540. The van der Waals surface area contributed by atoms with Gasteiger partial charge in [-0.25, -0.2) is 21.9 Å². The first kappa shape index (κ1) is 14.1. The Morgan fingerprint density at radius 3 is 2.68 bits per heavy atom. The molecule has 0 aliphatic carbocycles. The van der Waals surface area contributed by atoms with Crippen LogP contribution >= 0.6 is 15.9 Å². The van der Waals surface area contributed by atoms with Crippen molar-refractivity contribution in [3.8, 4) is 0 Å². The highest BCUT2D eigenvalue weighted by Crippen LogP contribution is 2.26. The largest absolute Gasteiger partial charge is 0.281 e. The van der Waals surface area contributed by atoms with Crippen LogP contribution in [0.15, 0.2) is 33.8 Å². The van der Waals surface area contributed by atoms with Crippen molar-refractivity contribution in [2.24, 2.45) is 0 Å². The topological polar surface area (TPSA) is 74.8 Å². The number of hydrogen-bond donors (Lipinski definition) is 2. The number of H-pyrrole nitrogens is 1. The average molecular weight is 352 g/mol. The fraction of sp³-hybridized carbons (Fsp3) is 0.100. The normalized spacial score (nSPS) is 11.7. The van der Waals surface area contributed by atoms with Gasteiger partial charge in [0.15, 0.2) is 0 Å². The van der Waals surface area contributed by atoms with Crippen LogP contribution in [0.4, 0.5) is 8.78 Å². The molecule has 102 valence electrons.